The highest BCUT2D eigenvalue weighted by molar-refractivity contribution is 5.93. The molecule has 1 aliphatic heterocycles. The summed E-state index contributed by atoms with van der Waals surface area (Å²) in [7, 11) is 1.87. The number of nitrogens with zero attached hydrogens (tertiary/aromatic N) is 5. The summed E-state index contributed by atoms with van der Waals surface area (Å²) in [6, 6.07) is 5.95. The van der Waals surface area contributed by atoms with E-state index in [1.165, 1.54) is 0 Å². The summed E-state index contributed by atoms with van der Waals surface area (Å²) in [4.78, 5) is 23.5. The predicted molar refractivity (Wildman–Crippen MR) is 102 cm³/mol. The SMILES string of the molecule is C[C@@H]1COCCN1CC(=O)Nc1cc2nc(-c3cnn(C)c3)ccc2cn1. The van der Waals surface area contributed by atoms with Crippen molar-refractivity contribution < 1.29 is 9.53 Å². The van der Waals surface area contributed by atoms with Crippen LogP contribution in [0, 0.1) is 0 Å². The molecule has 4 heterocycles. The smallest absolute Gasteiger partial charge is 0.239 e. The lowest BCUT2D eigenvalue weighted by Crippen LogP contribution is -2.47. The quantitative estimate of drug-likeness (QED) is 0.756. The van der Waals surface area contributed by atoms with E-state index < -0.39 is 0 Å². The number of amides is 1. The van der Waals surface area contributed by atoms with Crippen molar-refractivity contribution in [3.8, 4) is 11.3 Å². The zero-order valence-corrected chi connectivity index (χ0v) is 15.4. The van der Waals surface area contributed by atoms with Gasteiger partial charge in [0.2, 0.25) is 5.91 Å². The third-order valence-corrected chi connectivity index (χ3v) is 4.69. The molecule has 1 N–H and O–H groups in total. The van der Waals surface area contributed by atoms with E-state index in [9.17, 15) is 4.79 Å². The number of morpholine rings is 1. The Morgan fingerprint density at radius 2 is 2.26 bits per heavy atom. The van der Waals surface area contributed by atoms with Crippen molar-refractivity contribution >= 4 is 22.6 Å². The summed E-state index contributed by atoms with van der Waals surface area (Å²) < 4.78 is 7.15. The lowest BCUT2D eigenvalue weighted by molar-refractivity contribution is -0.119. The highest BCUT2D eigenvalue weighted by Crippen LogP contribution is 2.21. The molecule has 3 aromatic heterocycles. The molecule has 0 saturated carbocycles. The van der Waals surface area contributed by atoms with Gasteiger partial charge >= 0.3 is 0 Å². The lowest BCUT2D eigenvalue weighted by atomic mass is 10.2. The van der Waals surface area contributed by atoms with Gasteiger partial charge in [-0.15, -0.1) is 0 Å². The molecule has 0 bridgehead atoms. The minimum absolute atomic E-state index is 0.0842. The molecular weight excluding hydrogens is 344 g/mol. The highest BCUT2D eigenvalue weighted by atomic mass is 16.5. The Bertz CT molecular complexity index is 970. The Hall–Kier alpha value is -2.84. The minimum atomic E-state index is -0.0842. The van der Waals surface area contributed by atoms with Gasteiger partial charge in [0.1, 0.15) is 5.82 Å². The zero-order chi connectivity index (χ0) is 18.8. The number of hydrogen-bond acceptors (Lipinski definition) is 6. The number of carbonyl (C=O) groups is 1. The van der Waals surface area contributed by atoms with E-state index >= 15 is 0 Å². The first-order chi connectivity index (χ1) is 13.1. The minimum Gasteiger partial charge on any atom is -0.379 e. The van der Waals surface area contributed by atoms with Crippen LogP contribution in [0.3, 0.4) is 0 Å². The number of aryl methyl sites for hydroxylation is 1. The van der Waals surface area contributed by atoms with Crippen molar-refractivity contribution in [2.75, 3.05) is 31.6 Å². The molecule has 0 radical (unpaired) electrons. The maximum absolute atomic E-state index is 12.4. The molecule has 1 atom stereocenters. The van der Waals surface area contributed by atoms with Crippen LogP contribution in [0.5, 0.6) is 0 Å². The second kappa shape index (κ2) is 7.42. The van der Waals surface area contributed by atoms with E-state index in [0.29, 0.717) is 25.6 Å². The number of pyridine rings is 2. The summed E-state index contributed by atoms with van der Waals surface area (Å²) in [5, 5.41) is 7.98. The van der Waals surface area contributed by atoms with Gasteiger partial charge in [-0.1, -0.05) is 0 Å². The van der Waals surface area contributed by atoms with E-state index in [4.69, 9.17) is 4.74 Å². The number of hydrogen-bond donors (Lipinski definition) is 1. The van der Waals surface area contributed by atoms with E-state index in [0.717, 1.165) is 28.7 Å². The molecule has 3 aromatic rings. The summed E-state index contributed by atoms with van der Waals surface area (Å²) in [6.07, 6.45) is 5.42. The van der Waals surface area contributed by atoms with Crippen LogP contribution in [0.25, 0.3) is 22.2 Å². The first-order valence-corrected chi connectivity index (χ1v) is 8.96. The Balaban J connectivity index is 1.51. The third kappa shape index (κ3) is 3.96. The van der Waals surface area contributed by atoms with Crippen LogP contribution in [-0.2, 0) is 16.6 Å². The summed E-state index contributed by atoms with van der Waals surface area (Å²) >= 11 is 0. The summed E-state index contributed by atoms with van der Waals surface area (Å²) in [6.45, 7) is 4.46. The maximum Gasteiger partial charge on any atom is 0.239 e. The van der Waals surface area contributed by atoms with E-state index in [2.05, 4.69) is 32.2 Å². The average Bonchev–Trinajstić information content (AvgIpc) is 3.09. The topological polar surface area (TPSA) is 85.2 Å². The molecule has 0 unspecified atom stereocenters. The fourth-order valence-electron chi connectivity index (χ4n) is 3.16. The number of carbonyl (C=O) groups excluding carboxylic acids is 1. The molecular formula is C19H22N6O2. The van der Waals surface area contributed by atoms with Gasteiger partial charge in [-0.3, -0.25) is 14.4 Å². The van der Waals surface area contributed by atoms with Crippen molar-refractivity contribution in [1.29, 1.82) is 0 Å². The Morgan fingerprint density at radius 3 is 3.04 bits per heavy atom. The first kappa shape index (κ1) is 17.6. The maximum atomic E-state index is 12.4. The largest absolute Gasteiger partial charge is 0.379 e. The second-order valence-corrected chi connectivity index (χ2v) is 6.80. The van der Waals surface area contributed by atoms with Gasteiger partial charge in [0, 0.05) is 49.0 Å². The molecule has 1 saturated heterocycles. The molecule has 8 heteroatoms. The fourth-order valence-corrected chi connectivity index (χ4v) is 3.16. The molecule has 0 aliphatic carbocycles. The van der Waals surface area contributed by atoms with Crippen molar-refractivity contribution in [2.24, 2.45) is 7.05 Å². The average molecular weight is 366 g/mol. The number of nitrogens with one attached hydrogen (secondary N) is 1. The highest BCUT2D eigenvalue weighted by Gasteiger charge is 2.21. The van der Waals surface area contributed by atoms with E-state index in [-0.39, 0.29) is 11.9 Å². The van der Waals surface area contributed by atoms with Crippen LogP contribution in [0.1, 0.15) is 6.92 Å². The molecule has 0 spiro atoms. The molecule has 4 rings (SSSR count). The molecule has 1 amide bonds. The fraction of sp³-hybridized carbons (Fsp3) is 0.368. The molecule has 140 valence electrons. The van der Waals surface area contributed by atoms with Gasteiger partial charge < -0.3 is 10.1 Å². The lowest BCUT2D eigenvalue weighted by Gasteiger charge is -2.32. The van der Waals surface area contributed by atoms with Crippen LogP contribution in [-0.4, -0.2) is 62.9 Å². The molecule has 1 aliphatic rings. The number of fused-ring (bicyclic) bond motifs is 1. The first-order valence-electron chi connectivity index (χ1n) is 8.96. The number of anilines is 1. The molecule has 8 nitrogen and oxygen atoms in total. The normalized spacial score (nSPS) is 17.9. The Morgan fingerprint density at radius 1 is 1.37 bits per heavy atom. The second-order valence-electron chi connectivity index (χ2n) is 6.80. The molecule has 0 aromatic carbocycles. The molecule has 1 fully saturated rings. The third-order valence-electron chi connectivity index (χ3n) is 4.69. The van der Waals surface area contributed by atoms with Gasteiger partial charge in [0.25, 0.3) is 0 Å². The van der Waals surface area contributed by atoms with Gasteiger partial charge in [-0.25, -0.2) is 9.97 Å². The van der Waals surface area contributed by atoms with Gasteiger partial charge in [-0.05, 0) is 19.1 Å². The van der Waals surface area contributed by atoms with Crippen molar-refractivity contribution in [3.63, 3.8) is 0 Å². The summed E-state index contributed by atoms with van der Waals surface area (Å²) in [5.41, 5.74) is 2.56. The van der Waals surface area contributed by atoms with Crippen molar-refractivity contribution in [2.45, 2.75) is 13.0 Å². The van der Waals surface area contributed by atoms with Gasteiger partial charge in [-0.2, -0.15) is 5.10 Å². The van der Waals surface area contributed by atoms with Gasteiger partial charge in [0.05, 0.1) is 37.2 Å². The van der Waals surface area contributed by atoms with Crippen molar-refractivity contribution in [1.82, 2.24) is 24.6 Å². The van der Waals surface area contributed by atoms with Crippen LogP contribution < -0.4 is 5.32 Å². The Kier molecular flexibility index (Phi) is 4.83. The van der Waals surface area contributed by atoms with Crippen LogP contribution in [0.15, 0.2) is 36.8 Å². The predicted octanol–water partition coefficient (Wildman–Crippen LogP) is 1.69. The number of rotatable bonds is 4. The van der Waals surface area contributed by atoms with Crippen LogP contribution in [0.4, 0.5) is 5.82 Å². The van der Waals surface area contributed by atoms with E-state index in [1.807, 2.05) is 25.4 Å². The Labute approximate surface area is 157 Å². The standard InChI is InChI=1S/C19H22N6O2/c1-13-12-27-6-5-25(13)11-19(26)23-18-7-17-14(8-20-18)3-4-16(22-17)15-9-21-24(2)10-15/h3-4,7-10,13H,5-6,11-12H2,1-2H3,(H,20,23,26)/t13-/m1/s1. The summed E-state index contributed by atoms with van der Waals surface area (Å²) in [5.74, 6) is 0.420. The molecule has 27 heavy (non-hydrogen) atoms. The van der Waals surface area contributed by atoms with Gasteiger partial charge in [0.15, 0.2) is 0 Å². The van der Waals surface area contributed by atoms with Crippen LogP contribution in [0.2, 0.25) is 0 Å². The zero-order valence-electron chi connectivity index (χ0n) is 15.4. The van der Waals surface area contributed by atoms with Crippen LogP contribution >= 0.6 is 0 Å². The van der Waals surface area contributed by atoms with E-state index in [1.54, 1.807) is 23.1 Å². The number of aromatic nitrogens is 4. The van der Waals surface area contributed by atoms with Crippen molar-refractivity contribution in [3.05, 3.63) is 36.8 Å². The monoisotopic (exact) mass is 366 g/mol. The number of ether oxygens (including phenoxy) is 1.